The highest BCUT2D eigenvalue weighted by atomic mass is 32.2. The first-order valence-electron chi connectivity index (χ1n) is 15.9. The van der Waals surface area contributed by atoms with Gasteiger partial charge in [0.1, 0.15) is 0 Å². The number of unbranched alkanes of at least 4 members (excludes halogenated alkanes) is 1. The lowest BCUT2D eigenvalue weighted by molar-refractivity contribution is 0.422. The number of benzene rings is 2. The standard InChI is InChI=1S/C38H43N3S/c1-5-7-8-9-14-26(3)23-32-34(6-2)42-35-21-18-28(15-12-13-22-40-41-39)25-33(35)38(32)36-27(4)24-30-20-19-29-16-10-11-17-31(29)37(30)36/h10-11,16-17,19-20,25-27,32,34H,5-7,13-14,18,21-24H2,1-4H3/b38-36+/t26-,27?,32?,34?/m1/s1. The van der Waals surface area contributed by atoms with Crippen molar-refractivity contribution in [1.29, 1.82) is 0 Å². The van der Waals surface area contributed by atoms with E-state index in [1.165, 1.54) is 39.5 Å². The van der Waals surface area contributed by atoms with Crippen molar-refractivity contribution in [2.45, 2.75) is 90.7 Å². The van der Waals surface area contributed by atoms with Crippen LogP contribution in [0.25, 0.3) is 26.8 Å². The van der Waals surface area contributed by atoms with Crippen molar-refractivity contribution >= 4 is 28.1 Å². The molecule has 2 aromatic carbocycles. The molecular weight excluding hydrogens is 531 g/mol. The smallest absolute Gasteiger partial charge is 0.0367 e. The summed E-state index contributed by atoms with van der Waals surface area (Å²) in [5.74, 6) is 15.1. The summed E-state index contributed by atoms with van der Waals surface area (Å²) in [5, 5.41) is 6.96. The Balaban J connectivity index is 1.66. The maximum atomic E-state index is 8.61. The summed E-state index contributed by atoms with van der Waals surface area (Å²) in [6.45, 7) is 9.86. The minimum Gasteiger partial charge on any atom is -0.126 e. The van der Waals surface area contributed by atoms with Gasteiger partial charge >= 0.3 is 0 Å². The van der Waals surface area contributed by atoms with E-state index in [0.29, 0.717) is 36.0 Å². The van der Waals surface area contributed by atoms with Gasteiger partial charge in [-0.1, -0.05) is 81.0 Å². The Labute approximate surface area is 257 Å². The Hall–Kier alpha value is -3.30. The van der Waals surface area contributed by atoms with E-state index >= 15 is 0 Å². The Bertz CT molecular complexity index is 1600. The molecule has 0 aromatic heterocycles. The second-order valence-corrected chi connectivity index (χ2v) is 13.4. The molecule has 0 amide bonds. The van der Waals surface area contributed by atoms with Gasteiger partial charge in [0.05, 0.1) is 0 Å². The fourth-order valence-electron chi connectivity index (χ4n) is 6.98. The monoisotopic (exact) mass is 573 g/mol. The topological polar surface area (TPSA) is 48.8 Å². The first-order valence-corrected chi connectivity index (χ1v) is 16.7. The van der Waals surface area contributed by atoms with Crippen molar-refractivity contribution < 1.29 is 0 Å². The number of fused-ring (bicyclic) bond motifs is 3. The first-order chi connectivity index (χ1) is 20.5. The number of hydrogen-bond acceptors (Lipinski definition) is 2. The third-order valence-electron chi connectivity index (χ3n) is 8.90. The zero-order chi connectivity index (χ0) is 29.5. The highest BCUT2D eigenvalue weighted by molar-refractivity contribution is 8.03. The molecule has 1 heterocycles. The molecule has 0 radical (unpaired) electrons. The molecule has 1 aliphatic heterocycles. The molecule has 0 fully saturated rings. The maximum Gasteiger partial charge on any atom is 0.0367 e. The van der Waals surface area contributed by atoms with E-state index in [1.54, 1.807) is 16.1 Å². The number of hydrogen-bond donors (Lipinski definition) is 0. The van der Waals surface area contributed by atoms with Gasteiger partial charge in [-0.2, -0.15) is 0 Å². The zero-order valence-corrected chi connectivity index (χ0v) is 26.5. The molecule has 0 spiro atoms. The van der Waals surface area contributed by atoms with E-state index in [-0.39, 0.29) is 0 Å². The van der Waals surface area contributed by atoms with Crippen LogP contribution in [0.1, 0.15) is 90.2 Å². The van der Waals surface area contributed by atoms with E-state index in [9.17, 15) is 0 Å². The molecule has 2 aliphatic carbocycles. The number of azide groups is 1. The van der Waals surface area contributed by atoms with Gasteiger partial charge in [-0.25, -0.2) is 0 Å². The van der Waals surface area contributed by atoms with Crippen LogP contribution in [0.2, 0.25) is 0 Å². The van der Waals surface area contributed by atoms with E-state index in [2.05, 4.69) is 116 Å². The van der Waals surface area contributed by atoms with Crippen LogP contribution in [0, 0.1) is 41.4 Å². The van der Waals surface area contributed by atoms with Crippen LogP contribution in [0.15, 0.2) is 69.2 Å². The van der Waals surface area contributed by atoms with Crippen LogP contribution in [-0.4, -0.2) is 11.8 Å². The van der Waals surface area contributed by atoms with Gasteiger partial charge in [0.25, 0.3) is 0 Å². The van der Waals surface area contributed by atoms with Gasteiger partial charge < -0.3 is 0 Å². The number of nitrogens with zero attached hydrogens (tertiary/aromatic N) is 3. The third-order valence-corrected chi connectivity index (χ3v) is 10.6. The SMILES string of the molecule is CCCC#CC[C@@H](C)CC1/C(=C2\c3c(ccc4ccccc34)CC2C)C2=C(CCC(C#CCCN=[N+]=[N-])=C2)SC1CC. The molecule has 3 aliphatic rings. The van der Waals surface area contributed by atoms with Crippen LogP contribution in [0.4, 0.5) is 0 Å². The van der Waals surface area contributed by atoms with Gasteiger partial charge in [-0.15, -0.1) is 23.6 Å². The molecule has 2 aromatic rings. The summed E-state index contributed by atoms with van der Waals surface area (Å²) in [6, 6.07) is 13.6. The maximum absolute atomic E-state index is 8.61. The number of rotatable bonds is 7. The lowest BCUT2D eigenvalue weighted by Gasteiger charge is -2.40. The minimum absolute atomic E-state index is 0.427. The molecule has 42 heavy (non-hydrogen) atoms. The summed E-state index contributed by atoms with van der Waals surface area (Å²) < 4.78 is 0. The van der Waals surface area contributed by atoms with E-state index < -0.39 is 0 Å². The molecule has 4 heteroatoms. The van der Waals surface area contributed by atoms with Gasteiger partial charge in [0.15, 0.2) is 0 Å². The Morgan fingerprint density at radius 2 is 1.90 bits per heavy atom. The molecule has 0 saturated carbocycles. The lowest BCUT2D eigenvalue weighted by atomic mass is 9.74. The molecule has 3 unspecified atom stereocenters. The van der Waals surface area contributed by atoms with Crippen LogP contribution in [0.3, 0.4) is 0 Å². The lowest BCUT2D eigenvalue weighted by Crippen LogP contribution is -2.28. The van der Waals surface area contributed by atoms with Crippen LogP contribution < -0.4 is 0 Å². The summed E-state index contributed by atoms with van der Waals surface area (Å²) in [7, 11) is 0. The Kier molecular flexibility index (Phi) is 10.2. The average Bonchev–Trinajstić information content (AvgIpc) is 3.34. The minimum atomic E-state index is 0.427. The predicted octanol–water partition coefficient (Wildman–Crippen LogP) is 10.8. The summed E-state index contributed by atoms with van der Waals surface area (Å²) >= 11 is 2.14. The summed E-state index contributed by atoms with van der Waals surface area (Å²) in [5.41, 5.74) is 17.4. The fraction of sp³-hybridized carbons (Fsp3) is 0.474. The quantitative estimate of drug-likeness (QED) is 0.107. The van der Waals surface area contributed by atoms with Gasteiger partial charge in [-0.05, 0) is 111 Å². The zero-order valence-electron chi connectivity index (χ0n) is 25.7. The van der Waals surface area contributed by atoms with Crippen LogP contribution >= 0.6 is 11.8 Å². The van der Waals surface area contributed by atoms with Crippen molar-refractivity contribution in [3.05, 3.63) is 85.7 Å². The molecule has 4 atom stereocenters. The van der Waals surface area contributed by atoms with Gasteiger partial charge in [0.2, 0.25) is 0 Å². The predicted molar refractivity (Wildman–Crippen MR) is 181 cm³/mol. The molecule has 0 bridgehead atoms. The van der Waals surface area contributed by atoms with E-state index in [1.807, 2.05) is 0 Å². The van der Waals surface area contributed by atoms with Crippen molar-refractivity contribution in [3.63, 3.8) is 0 Å². The molecular formula is C38H43N3S. The van der Waals surface area contributed by atoms with Crippen molar-refractivity contribution in [2.24, 2.45) is 22.9 Å². The summed E-state index contributed by atoms with van der Waals surface area (Å²) in [6.07, 6.45) is 11.6. The van der Waals surface area contributed by atoms with Crippen molar-refractivity contribution in [1.82, 2.24) is 0 Å². The van der Waals surface area contributed by atoms with E-state index in [4.69, 9.17) is 5.53 Å². The second kappa shape index (κ2) is 14.2. The van der Waals surface area contributed by atoms with Gasteiger partial charge in [0, 0.05) is 41.5 Å². The molecule has 0 N–H and O–H groups in total. The van der Waals surface area contributed by atoms with Crippen LogP contribution in [-0.2, 0) is 6.42 Å². The van der Waals surface area contributed by atoms with Crippen LogP contribution in [0.5, 0.6) is 0 Å². The molecule has 5 rings (SSSR count). The summed E-state index contributed by atoms with van der Waals surface area (Å²) in [4.78, 5) is 4.42. The number of thioether (sulfide) groups is 1. The second-order valence-electron chi connectivity index (χ2n) is 12.1. The molecule has 0 saturated heterocycles. The van der Waals surface area contributed by atoms with E-state index in [0.717, 1.165) is 44.9 Å². The normalized spacial score (nSPS) is 23.5. The largest absolute Gasteiger partial charge is 0.126 e. The van der Waals surface area contributed by atoms with Crippen molar-refractivity contribution in [3.8, 4) is 23.7 Å². The Morgan fingerprint density at radius 1 is 1.05 bits per heavy atom. The third kappa shape index (κ3) is 6.52. The highest BCUT2D eigenvalue weighted by Gasteiger charge is 2.40. The average molecular weight is 574 g/mol. The van der Waals surface area contributed by atoms with Crippen molar-refractivity contribution in [2.75, 3.05) is 6.54 Å². The first kappa shape index (κ1) is 30.2. The number of allylic oxidation sites excluding steroid dienone is 6. The highest BCUT2D eigenvalue weighted by Crippen LogP contribution is 2.55. The van der Waals surface area contributed by atoms with Gasteiger partial charge in [-0.3, -0.25) is 0 Å². The molecule has 3 nitrogen and oxygen atoms in total. The molecule has 216 valence electrons. The fourth-order valence-corrected chi connectivity index (χ4v) is 8.44. The Morgan fingerprint density at radius 3 is 2.71 bits per heavy atom.